The number of halogens is 1. The van der Waals surface area contributed by atoms with Crippen LogP contribution in [0, 0.1) is 11.7 Å². The predicted molar refractivity (Wildman–Crippen MR) is 97.4 cm³/mol. The lowest BCUT2D eigenvalue weighted by molar-refractivity contribution is -0.130. The summed E-state index contributed by atoms with van der Waals surface area (Å²) in [5, 5.41) is 0. The molecular formula is C20H21FN4O2. The predicted octanol–water partition coefficient (Wildman–Crippen LogP) is 1.68. The molecule has 2 aromatic carbocycles. The topological polar surface area (TPSA) is 82.3 Å². The molecule has 2 fully saturated rings. The fourth-order valence-corrected chi connectivity index (χ4v) is 3.50. The van der Waals surface area contributed by atoms with Crippen molar-refractivity contribution in [2.45, 2.75) is 30.8 Å². The van der Waals surface area contributed by atoms with Gasteiger partial charge in [-0.05, 0) is 42.0 Å². The van der Waals surface area contributed by atoms with Crippen LogP contribution >= 0.6 is 0 Å². The SMILES string of the molecule is O=C(NNC(=O)C1CC1c1ccc(F)cc1)C1CC(c2ccccc2)NN1. The molecule has 4 rings (SSSR count). The van der Waals surface area contributed by atoms with Gasteiger partial charge in [0.2, 0.25) is 5.91 Å². The summed E-state index contributed by atoms with van der Waals surface area (Å²) >= 11 is 0. The molecule has 4 unspecified atom stereocenters. The number of rotatable bonds is 4. The first kappa shape index (κ1) is 17.6. The summed E-state index contributed by atoms with van der Waals surface area (Å²) in [6.07, 6.45) is 1.29. The van der Waals surface area contributed by atoms with E-state index in [4.69, 9.17) is 0 Å². The number of hydrazine groups is 2. The molecule has 1 aliphatic carbocycles. The molecule has 0 aromatic heterocycles. The Kier molecular flexibility index (Phi) is 4.87. The van der Waals surface area contributed by atoms with E-state index in [-0.39, 0.29) is 35.5 Å². The van der Waals surface area contributed by atoms with Crippen molar-refractivity contribution in [3.63, 3.8) is 0 Å². The van der Waals surface area contributed by atoms with Gasteiger partial charge in [-0.1, -0.05) is 42.5 Å². The second-order valence-corrected chi connectivity index (χ2v) is 7.02. The van der Waals surface area contributed by atoms with Crippen molar-refractivity contribution in [1.82, 2.24) is 21.7 Å². The molecule has 1 aliphatic heterocycles. The fourth-order valence-electron chi connectivity index (χ4n) is 3.50. The normalized spacial score (nSPS) is 26.4. The van der Waals surface area contributed by atoms with E-state index in [0.29, 0.717) is 12.8 Å². The van der Waals surface area contributed by atoms with E-state index in [1.54, 1.807) is 12.1 Å². The maximum Gasteiger partial charge on any atom is 0.256 e. The highest BCUT2D eigenvalue weighted by Crippen LogP contribution is 2.47. The van der Waals surface area contributed by atoms with Crippen LogP contribution in [0.4, 0.5) is 4.39 Å². The Morgan fingerprint density at radius 2 is 1.56 bits per heavy atom. The first-order valence-corrected chi connectivity index (χ1v) is 9.03. The number of nitrogens with one attached hydrogen (secondary N) is 4. The first-order valence-electron chi connectivity index (χ1n) is 9.03. The number of hydrogen-bond donors (Lipinski definition) is 4. The van der Waals surface area contributed by atoms with Crippen molar-refractivity contribution in [3.05, 3.63) is 71.5 Å². The first-order chi connectivity index (χ1) is 13.1. The van der Waals surface area contributed by atoms with Gasteiger partial charge in [0.1, 0.15) is 11.9 Å². The van der Waals surface area contributed by atoms with Gasteiger partial charge >= 0.3 is 0 Å². The van der Waals surface area contributed by atoms with Gasteiger partial charge in [0.15, 0.2) is 0 Å². The molecule has 4 N–H and O–H groups in total. The average molecular weight is 368 g/mol. The number of carbonyl (C=O) groups excluding carboxylic acids is 2. The van der Waals surface area contributed by atoms with E-state index < -0.39 is 6.04 Å². The number of carbonyl (C=O) groups is 2. The highest BCUT2D eigenvalue weighted by Gasteiger charge is 2.44. The van der Waals surface area contributed by atoms with E-state index in [1.807, 2.05) is 30.3 Å². The third-order valence-corrected chi connectivity index (χ3v) is 5.16. The number of benzene rings is 2. The summed E-state index contributed by atoms with van der Waals surface area (Å²) in [6.45, 7) is 0. The second kappa shape index (κ2) is 7.46. The molecular weight excluding hydrogens is 347 g/mol. The summed E-state index contributed by atoms with van der Waals surface area (Å²) < 4.78 is 13.0. The van der Waals surface area contributed by atoms with Crippen molar-refractivity contribution >= 4 is 11.8 Å². The van der Waals surface area contributed by atoms with Crippen LogP contribution in [0.15, 0.2) is 54.6 Å². The monoisotopic (exact) mass is 368 g/mol. The smallest absolute Gasteiger partial charge is 0.256 e. The zero-order chi connectivity index (χ0) is 18.8. The van der Waals surface area contributed by atoms with E-state index >= 15 is 0 Å². The Morgan fingerprint density at radius 1 is 0.852 bits per heavy atom. The van der Waals surface area contributed by atoms with Crippen molar-refractivity contribution in [2.75, 3.05) is 0 Å². The quantitative estimate of drug-likeness (QED) is 0.619. The van der Waals surface area contributed by atoms with Gasteiger partial charge in [-0.2, -0.15) is 0 Å². The molecule has 0 radical (unpaired) electrons. The largest absolute Gasteiger partial charge is 0.273 e. The lowest BCUT2D eigenvalue weighted by Crippen LogP contribution is -2.50. The average Bonchev–Trinajstić information content (AvgIpc) is 3.34. The van der Waals surface area contributed by atoms with Crippen LogP contribution in [0.5, 0.6) is 0 Å². The molecule has 2 aromatic rings. The lowest BCUT2D eigenvalue weighted by Gasteiger charge is -2.11. The van der Waals surface area contributed by atoms with Gasteiger partial charge in [-0.15, -0.1) is 0 Å². The van der Waals surface area contributed by atoms with Crippen LogP contribution in [0.2, 0.25) is 0 Å². The fraction of sp³-hybridized carbons (Fsp3) is 0.300. The standard InChI is InChI=1S/C20H21FN4O2/c21-14-8-6-12(7-9-14)15-10-16(15)19(26)24-25-20(27)18-11-17(22-23-18)13-4-2-1-3-5-13/h1-9,15-18,22-23H,10-11H2,(H,24,26)(H,25,27). The number of hydrogen-bond acceptors (Lipinski definition) is 4. The zero-order valence-corrected chi connectivity index (χ0v) is 14.6. The summed E-state index contributed by atoms with van der Waals surface area (Å²) in [7, 11) is 0. The van der Waals surface area contributed by atoms with Gasteiger partial charge in [0.25, 0.3) is 5.91 Å². The Labute approximate surface area is 156 Å². The number of amides is 2. The maximum atomic E-state index is 13.0. The van der Waals surface area contributed by atoms with E-state index in [1.165, 1.54) is 12.1 Å². The lowest BCUT2D eigenvalue weighted by atomic mass is 10.0. The second-order valence-electron chi connectivity index (χ2n) is 7.02. The minimum absolute atomic E-state index is 0.0453. The molecule has 1 saturated heterocycles. The minimum atomic E-state index is -0.428. The van der Waals surface area contributed by atoms with Gasteiger partial charge in [-0.25, -0.2) is 15.2 Å². The van der Waals surface area contributed by atoms with Crippen LogP contribution in [0.3, 0.4) is 0 Å². The van der Waals surface area contributed by atoms with E-state index in [0.717, 1.165) is 11.1 Å². The molecule has 0 spiro atoms. The molecule has 0 bridgehead atoms. The molecule has 1 heterocycles. The molecule has 2 aliphatic rings. The van der Waals surface area contributed by atoms with Crippen molar-refractivity contribution in [3.8, 4) is 0 Å². The molecule has 1 saturated carbocycles. The Hall–Kier alpha value is -2.77. The van der Waals surface area contributed by atoms with Crippen LogP contribution in [0.25, 0.3) is 0 Å². The van der Waals surface area contributed by atoms with Gasteiger partial charge in [0.05, 0.1) is 0 Å². The summed E-state index contributed by atoms with van der Waals surface area (Å²) in [5.41, 5.74) is 13.1. The summed E-state index contributed by atoms with van der Waals surface area (Å²) in [6, 6.07) is 15.7. The van der Waals surface area contributed by atoms with Crippen LogP contribution in [-0.4, -0.2) is 17.9 Å². The van der Waals surface area contributed by atoms with Gasteiger partial charge < -0.3 is 0 Å². The molecule has 2 amide bonds. The molecule has 27 heavy (non-hydrogen) atoms. The molecule has 7 heteroatoms. The Balaban J connectivity index is 1.24. The summed E-state index contributed by atoms with van der Waals surface area (Å²) in [5.74, 6) is -0.908. The molecule has 4 atom stereocenters. The van der Waals surface area contributed by atoms with Crippen molar-refractivity contribution < 1.29 is 14.0 Å². The zero-order valence-electron chi connectivity index (χ0n) is 14.6. The highest BCUT2D eigenvalue weighted by molar-refractivity contribution is 5.88. The van der Waals surface area contributed by atoms with Crippen LogP contribution in [0.1, 0.15) is 35.9 Å². The van der Waals surface area contributed by atoms with Crippen LogP contribution in [-0.2, 0) is 9.59 Å². The minimum Gasteiger partial charge on any atom is -0.273 e. The van der Waals surface area contributed by atoms with E-state index in [9.17, 15) is 14.0 Å². The van der Waals surface area contributed by atoms with Gasteiger partial charge in [-0.3, -0.25) is 20.4 Å². The van der Waals surface area contributed by atoms with E-state index in [2.05, 4.69) is 21.7 Å². The van der Waals surface area contributed by atoms with Crippen molar-refractivity contribution in [2.24, 2.45) is 5.92 Å². The maximum absolute atomic E-state index is 13.0. The highest BCUT2D eigenvalue weighted by atomic mass is 19.1. The third-order valence-electron chi connectivity index (χ3n) is 5.16. The van der Waals surface area contributed by atoms with Crippen LogP contribution < -0.4 is 21.7 Å². The summed E-state index contributed by atoms with van der Waals surface area (Å²) in [4.78, 5) is 24.5. The Morgan fingerprint density at radius 3 is 2.30 bits per heavy atom. The van der Waals surface area contributed by atoms with Gasteiger partial charge in [0, 0.05) is 12.0 Å². The Bertz CT molecular complexity index is 828. The molecule has 140 valence electrons. The van der Waals surface area contributed by atoms with Crippen molar-refractivity contribution in [1.29, 1.82) is 0 Å². The third kappa shape index (κ3) is 3.99. The molecule has 6 nitrogen and oxygen atoms in total.